The number of nitrogens with one attached hydrogen (secondary N) is 1. The molecule has 0 fully saturated rings. The van der Waals surface area contributed by atoms with Gasteiger partial charge in [0.2, 0.25) is 0 Å². The second-order valence-electron chi connectivity index (χ2n) is 4.91. The van der Waals surface area contributed by atoms with Crippen molar-refractivity contribution in [3.05, 3.63) is 55.6 Å². The highest BCUT2D eigenvalue weighted by atomic mass is 79.9. The van der Waals surface area contributed by atoms with E-state index in [1.165, 1.54) is 14.2 Å². The molecule has 0 aliphatic heterocycles. The smallest absolute Gasteiger partial charge is 0.0701 e. The molecule has 0 aliphatic carbocycles. The van der Waals surface area contributed by atoms with Gasteiger partial charge in [-0.2, -0.15) is 0 Å². The molecule has 4 heteroatoms. The molecule has 2 rings (SSSR count). The maximum absolute atomic E-state index is 5.95. The Labute approximate surface area is 138 Å². The van der Waals surface area contributed by atoms with Crippen molar-refractivity contribution in [2.75, 3.05) is 13.1 Å². The van der Waals surface area contributed by atoms with Crippen LogP contribution in [0.1, 0.15) is 17.4 Å². The average Bonchev–Trinajstić information content (AvgIpc) is 2.84. The normalized spacial score (nSPS) is 12.6. The average molecular weight is 373 g/mol. The van der Waals surface area contributed by atoms with Crippen LogP contribution in [0.15, 0.2) is 40.2 Å². The van der Waals surface area contributed by atoms with Crippen molar-refractivity contribution < 1.29 is 0 Å². The van der Waals surface area contributed by atoms with Crippen LogP contribution in [0.5, 0.6) is 0 Å². The largest absolute Gasteiger partial charge is 0.317 e. The Morgan fingerprint density at radius 1 is 1.15 bits per heavy atom. The van der Waals surface area contributed by atoms with Gasteiger partial charge in [0.1, 0.15) is 0 Å². The Morgan fingerprint density at radius 3 is 2.50 bits per heavy atom. The summed E-state index contributed by atoms with van der Waals surface area (Å²) >= 11 is 11.3. The fourth-order valence-corrected chi connectivity index (χ4v) is 3.99. The third-order valence-corrected chi connectivity index (χ3v) is 5.14. The van der Waals surface area contributed by atoms with Crippen LogP contribution in [0.4, 0.5) is 0 Å². The number of rotatable bonds is 7. The van der Waals surface area contributed by atoms with E-state index in [1.54, 1.807) is 0 Å². The predicted molar refractivity (Wildman–Crippen MR) is 92.9 cm³/mol. The predicted octanol–water partition coefficient (Wildman–Crippen LogP) is 5.17. The lowest BCUT2D eigenvalue weighted by Crippen LogP contribution is -2.25. The summed E-state index contributed by atoms with van der Waals surface area (Å²) in [5.41, 5.74) is 1.35. The van der Waals surface area contributed by atoms with Gasteiger partial charge in [0.15, 0.2) is 0 Å². The molecule has 1 atom stereocenters. The summed E-state index contributed by atoms with van der Waals surface area (Å²) in [6.45, 7) is 4.22. The molecular weight excluding hydrogens is 354 g/mol. The Kier molecular flexibility index (Phi) is 6.56. The SMILES string of the molecule is CCNCC(Cc1ccc(Cl)cc1)Cc1ccc(Br)s1. The van der Waals surface area contributed by atoms with Crippen molar-refractivity contribution >= 4 is 38.9 Å². The van der Waals surface area contributed by atoms with Gasteiger partial charge in [-0.3, -0.25) is 0 Å². The van der Waals surface area contributed by atoms with E-state index >= 15 is 0 Å². The van der Waals surface area contributed by atoms with Gasteiger partial charge in [0.25, 0.3) is 0 Å². The molecule has 0 saturated heterocycles. The first-order valence-corrected chi connectivity index (χ1v) is 8.85. The first-order chi connectivity index (χ1) is 9.67. The second kappa shape index (κ2) is 8.18. The van der Waals surface area contributed by atoms with Crippen LogP contribution in [0.2, 0.25) is 5.02 Å². The van der Waals surface area contributed by atoms with Crippen LogP contribution in [0, 0.1) is 5.92 Å². The molecule has 0 radical (unpaired) electrons. The zero-order chi connectivity index (χ0) is 14.4. The molecule has 2 aromatic rings. The molecule has 1 N–H and O–H groups in total. The third-order valence-electron chi connectivity index (χ3n) is 3.24. The highest BCUT2D eigenvalue weighted by Gasteiger charge is 2.12. The summed E-state index contributed by atoms with van der Waals surface area (Å²) in [5, 5.41) is 4.28. The minimum atomic E-state index is 0.613. The Morgan fingerprint density at radius 2 is 1.90 bits per heavy atom. The van der Waals surface area contributed by atoms with E-state index in [0.717, 1.165) is 31.0 Å². The van der Waals surface area contributed by atoms with E-state index in [4.69, 9.17) is 11.6 Å². The summed E-state index contributed by atoms with van der Waals surface area (Å²) < 4.78 is 1.21. The molecule has 20 heavy (non-hydrogen) atoms. The van der Waals surface area contributed by atoms with Gasteiger partial charge in [-0.1, -0.05) is 30.7 Å². The number of hydrogen-bond donors (Lipinski definition) is 1. The fourth-order valence-electron chi connectivity index (χ4n) is 2.26. The van der Waals surface area contributed by atoms with E-state index in [-0.39, 0.29) is 0 Å². The lowest BCUT2D eigenvalue weighted by Gasteiger charge is -2.16. The standard InChI is InChI=1S/C16H19BrClNS/c1-2-19-11-13(10-15-7-8-16(17)20-15)9-12-3-5-14(18)6-4-12/h3-8,13,19H,2,9-11H2,1H3. The van der Waals surface area contributed by atoms with Crippen molar-refractivity contribution in [1.29, 1.82) is 0 Å². The topological polar surface area (TPSA) is 12.0 Å². The van der Waals surface area contributed by atoms with Crippen LogP contribution in [0.25, 0.3) is 0 Å². The molecule has 0 bridgehead atoms. The van der Waals surface area contributed by atoms with Gasteiger partial charge in [-0.25, -0.2) is 0 Å². The molecule has 1 nitrogen and oxygen atoms in total. The Hall–Kier alpha value is -0.350. The van der Waals surface area contributed by atoms with E-state index in [9.17, 15) is 0 Å². The quantitative estimate of drug-likeness (QED) is 0.706. The highest BCUT2D eigenvalue weighted by molar-refractivity contribution is 9.11. The Bertz CT molecular complexity index is 524. The van der Waals surface area contributed by atoms with Gasteiger partial charge < -0.3 is 5.32 Å². The molecule has 0 spiro atoms. The van der Waals surface area contributed by atoms with Crippen LogP contribution in [-0.2, 0) is 12.8 Å². The zero-order valence-corrected chi connectivity index (χ0v) is 14.7. The first kappa shape index (κ1) is 16.0. The molecule has 1 aromatic carbocycles. The molecule has 108 valence electrons. The maximum Gasteiger partial charge on any atom is 0.0701 e. The van der Waals surface area contributed by atoms with E-state index in [0.29, 0.717) is 5.92 Å². The number of benzene rings is 1. The van der Waals surface area contributed by atoms with Crippen molar-refractivity contribution in [2.45, 2.75) is 19.8 Å². The number of hydrogen-bond acceptors (Lipinski definition) is 2. The van der Waals surface area contributed by atoms with Crippen molar-refractivity contribution in [1.82, 2.24) is 5.32 Å². The van der Waals surface area contributed by atoms with Crippen LogP contribution < -0.4 is 5.32 Å². The lowest BCUT2D eigenvalue weighted by molar-refractivity contribution is 0.481. The maximum atomic E-state index is 5.95. The highest BCUT2D eigenvalue weighted by Crippen LogP contribution is 2.25. The first-order valence-electron chi connectivity index (χ1n) is 6.86. The number of halogens is 2. The molecule has 0 saturated carbocycles. The molecule has 1 heterocycles. The molecule has 0 aliphatic rings. The summed E-state index contributed by atoms with van der Waals surface area (Å²) in [6, 6.07) is 12.6. The summed E-state index contributed by atoms with van der Waals surface area (Å²) in [4.78, 5) is 1.44. The second-order valence-corrected chi connectivity index (χ2v) is 7.90. The van der Waals surface area contributed by atoms with Gasteiger partial charge >= 0.3 is 0 Å². The number of thiophene rings is 1. The minimum Gasteiger partial charge on any atom is -0.317 e. The zero-order valence-electron chi connectivity index (χ0n) is 11.5. The van der Waals surface area contributed by atoms with E-state index in [1.807, 2.05) is 23.5 Å². The summed E-state index contributed by atoms with van der Waals surface area (Å²) in [6.07, 6.45) is 2.20. The monoisotopic (exact) mass is 371 g/mol. The minimum absolute atomic E-state index is 0.613. The van der Waals surface area contributed by atoms with Crippen LogP contribution in [0.3, 0.4) is 0 Å². The fraction of sp³-hybridized carbons (Fsp3) is 0.375. The van der Waals surface area contributed by atoms with E-state index < -0.39 is 0 Å². The lowest BCUT2D eigenvalue weighted by atomic mass is 9.95. The van der Waals surface area contributed by atoms with Gasteiger partial charge in [0, 0.05) is 9.90 Å². The van der Waals surface area contributed by atoms with Gasteiger partial charge in [0.05, 0.1) is 3.79 Å². The van der Waals surface area contributed by atoms with Crippen molar-refractivity contribution in [2.24, 2.45) is 5.92 Å². The molecule has 1 unspecified atom stereocenters. The van der Waals surface area contributed by atoms with Crippen LogP contribution in [-0.4, -0.2) is 13.1 Å². The van der Waals surface area contributed by atoms with Crippen molar-refractivity contribution in [3.8, 4) is 0 Å². The molecular formula is C16H19BrClNS. The summed E-state index contributed by atoms with van der Waals surface area (Å²) in [5.74, 6) is 0.613. The van der Waals surface area contributed by atoms with Gasteiger partial charge in [-0.05, 0) is 77.6 Å². The molecule has 1 aromatic heterocycles. The van der Waals surface area contributed by atoms with Gasteiger partial charge in [-0.15, -0.1) is 11.3 Å². The molecule has 0 amide bonds. The summed E-state index contributed by atoms with van der Waals surface area (Å²) in [7, 11) is 0. The van der Waals surface area contributed by atoms with E-state index in [2.05, 4.69) is 52.4 Å². The Balaban J connectivity index is 2.00. The van der Waals surface area contributed by atoms with Crippen LogP contribution >= 0.6 is 38.9 Å². The van der Waals surface area contributed by atoms with Crippen molar-refractivity contribution in [3.63, 3.8) is 0 Å². The third kappa shape index (κ3) is 5.21.